The minimum Gasteiger partial charge on any atom is -0.385 e. The first kappa shape index (κ1) is 13.5. The van der Waals surface area contributed by atoms with Crippen LogP contribution in [0.25, 0.3) is 0 Å². The predicted molar refractivity (Wildman–Crippen MR) is 64.1 cm³/mol. The second kappa shape index (κ2) is 7.63. The van der Waals surface area contributed by atoms with Crippen molar-refractivity contribution in [2.45, 2.75) is 44.6 Å². The Kier molecular flexibility index (Phi) is 6.42. The summed E-state index contributed by atoms with van der Waals surface area (Å²) in [7, 11) is 1.65. The van der Waals surface area contributed by atoms with Gasteiger partial charge in [0.1, 0.15) is 0 Å². The highest BCUT2D eigenvalue weighted by Gasteiger charge is 2.21. The smallest absolute Gasteiger partial charge is 0.220 e. The molecule has 1 aliphatic carbocycles. The highest BCUT2D eigenvalue weighted by molar-refractivity contribution is 5.75. The SMILES string of the molecule is COCCCC(=O)NCC1CCCCC1N. The molecule has 94 valence electrons. The molecule has 4 nitrogen and oxygen atoms in total. The first-order valence-corrected chi connectivity index (χ1v) is 6.25. The molecule has 1 aliphatic rings. The molecule has 1 rings (SSSR count). The van der Waals surface area contributed by atoms with E-state index in [9.17, 15) is 4.79 Å². The summed E-state index contributed by atoms with van der Waals surface area (Å²) in [5.41, 5.74) is 6.02. The first-order valence-electron chi connectivity index (χ1n) is 6.25. The molecule has 0 aliphatic heterocycles. The number of nitrogens with two attached hydrogens (primary N) is 1. The maximum Gasteiger partial charge on any atom is 0.220 e. The van der Waals surface area contributed by atoms with Crippen LogP contribution in [0.1, 0.15) is 38.5 Å². The molecule has 16 heavy (non-hydrogen) atoms. The normalized spacial score (nSPS) is 25.4. The lowest BCUT2D eigenvalue weighted by Crippen LogP contribution is -2.41. The minimum atomic E-state index is 0.120. The number of rotatable bonds is 6. The molecule has 2 unspecified atom stereocenters. The number of amides is 1. The van der Waals surface area contributed by atoms with Crippen LogP contribution < -0.4 is 11.1 Å². The Bertz CT molecular complexity index is 209. The molecule has 1 saturated carbocycles. The third-order valence-electron chi connectivity index (χ3n) is 3.28. The van der Waals surface area contributed by atoms with E-state index in [-0.39, 0.29) is 11.9 Å². The van der Waals surface area contributed by atoms with E-state index in [0.29, 0.717) is 18.9 Å². The lowest BCUT2D eigenvalue weighted by molar-refractivity contribution is -0.121. The molecule has 0 aromatic carbocycles. The van der Waals surface area contributed by atoms with Gasteiger partial charge in [0.05, 0.1) is 0 Å². The van der Waals surface area contributed by atoms with E-state index in [0.717, 1.165) is 25.8 Å². The van der Waals surface area contributed by atoms with Crippen LogP contribution in [0, 0.1) is 5.92 Å². The summed E-state index contributed by atoms with van der Waals surface area (Å²) in [5, 5.41) is 2.97. The largest absolute Gasteiger partial charge is 0.385 e. The molecule has 1 amide bonds. The van der Waals surface area contributed by atoms with Gasteiger partial charge in [0, 0.05) is 32.7 Å². The van der Waals surface area contributed by atoms with Crippen LogP contribution >= 0.6 is 0 Å². The van der Waals surface area contributed by atoms with Gasteiger partial charge >= 0.3 is 0 Å². The Balaban J connectivity index is 2.10. The number of carbonyl (C=O) groups is 1. The quantitative estimate of drug-likeness (QED) is 0.668. The van der Waals surface area contributed by atoms with E-state index in [2.05, 4.69) is 5.32 Å². The summed E-state index contributed by atoms with van der Waals surface area (Å²) in [4.78, 5) is 11.5. The second-order valence-electron chi connectivity index (χ2n) is 4.61. The molecule has 4 heteroatoms. The maximum absolute atomic E-state index is 11.5. The van der Waals surface area contributed by atoms with Crippen molar-refractivity contribution >= 4 is 5.91 Å². The van der Waals surface area contributed by atoms with Crippen LogP contribution in [0.15, 0.2) is 0 Å². The van der Waals surface area contributed by atoms with Crippen LogP contribution in [0.2, 0.25) is 0 Å². The summed E-state index contributed by atoms with van der Waals surface area (Å²) in [6.07, 6.45) is 6.08. The Morgan fingerprint density at radius 1 is 1.44 bits per heavy atom. The van der Waals surface area contributed by atoms with E-state index in [1.807, 2.05) is 0 Å². The maximum atomic E-state index is 11.5. The van der Waals surface area contributed by atoms with Crippen molar-refractivity contribution < 1.29 is 9.53 Å². The average Bonchev–Trinajstić information content (AvgIpc) is 2.28. The minimum absolute atomic E-state index is 0.120. The van der Waals surface area contributed by atoms with Crippen molar-refractivity contribution in [1.29, 1.82) is 0 Å². The third-order valence-corrected chi connectivity index (χ3v) is 3.28. The fourth-order valence-electron chi connectivity index (χ4n) is 2.20. The van der Waals surface area contributed by atoms with Gasteiger partial charge in [-0.25, -0.2) is 0 Å². The van der Waals surface area contributed by atoms with Gasteiger partial charge in [-0.3, -0.25) is 4.79 Å². The van der Waals surface area contributed by atoms with Crippen LogP contribution in [0.4, 0.5) is 0 Å². The van der Waals surface area contributed by atoms with Crippen molar-refractivity contribution in [2.75, 3.05) is 20.3 Å². The molecule has 0 bridgehead atoms. The van der Waals surface area contributed by atoms with Crippen molar-refractivity contribution in [3.05, 3.63) is 0 Å². The van der Waals surface area contributed by atoms with E-state index in [1.165, 1.54) is 12.8 Å². The molecular formula is C12H24N2O2. The zero-order chi connectivity index (χ0) is 11.8. The molecule has 0 heterocycles. The number of hydrogen-bond acceptors (Lipinski definition) is 3. The van der Waals surface area contributed by atoms with Gasteiger partial charge in [0.15, 0.2) is 0 Å². The zero-order valence-corrected chi connectivity index (χ0v) is 10.2. The van der Waals surface area contributed by atoms with Crippen LogP contribution in [-0.4, -0.2) is 32.2 Å². The van der Waals surface area contributed by atoms with Crippen LogP contribution in [0.5, 0.6) is 0 Å². The Hall–Kier alpha value is -0.610. The molecule has 1 fully saturated rings. The molecule has 0 radical (unpaired) electrons. The first-order chi connectivity index (χ1) is 7.74. The van der Waals surface area contributed by atoms with E-state index < -0.39 is 0 Å². The second-order valence-corrected chi connectivity index (χ2v) is 4.61. The van der Waals surface area contributed by atoms with Crippen LogP contribution in [-0.2, 0) is 9.53 Å². The lowest BCUT2D eigenvalue weighted by Gasteiger charge is -2.28. The van der Waals surface area contributed by atoms with Gasteiger partial charge in [-0.15, -0.1) is 0 Å². The fourth-order valence-corrected chi connectivity index (χ4v) is 2.20. The predicted octanol–water partition coefficient (Wildman–Crippen LogP) is 1.05. The van der Waals surface area contributed by atoms with Gasteiger partial charge in [-0.2, -0.15) is 0 Å². The number of hydrogen-bond donors (Lipinski definition) is 2. The molecular weight excluding hydrogens is 204 g/mol. The molecule has 2 atom stereocenters. The van der Waals surface area contributed by atoms with Crippen molar-refractivity contribution in [2.24, 2.45) is 11.7 Å². The number of methoxy groups -OCH3 is 1. The Morgan fingerprint density at radius 3 is 2.88 bits per heavy atom. The molecule has 0 aromatic rings. The Morgan fingerprint density at radius 2 is 2.19 bits per heavy atom. The number of nitrogens with one attached hydrogen (secondary N) is 1. The average molecular weight is 228 g/mol. The summed E-state index contributed by atoms with van der Waals surface area (Å²) >= 11 is 0. The van der Waals surface area contributed by atoms with Crippen molar-refractivity contribution in [3.8, 4) is 0 Å². The number of carbonyl (C=O) groups excluding carboxylic acids is 1. The van der Waals surface area contributed by atoms with E-state index in [4.69, 9.17) is 10.5 Å². The van der Waals surface area contributed by atoms with Gasteiger partial charge in [-0.05, 0) is 25.2 Å². The highest BCUT2D eigenvalue weighted by Crippen LogP contribution is 2.22. The summed E-state index contributed by atoms with van der Waals surface area (Å²) in [5.74, 6) is 0.593. The zero-order valence-electron chi connectivity index (χ0n) is 10.2. The Labute approximate surface area is 97.9 Å². The monoisotopic (exact) mass is 228 g/mol. The van der Waals surface area contributed by atoms with Gasteiger partial charge in [0.2, 0.25) is 5.91 Å². The topological polar surface area (TPSA) is 64.3 Å². The van der Waals surface area contributed by atoms with Crippen molar-refractivity contribution in [3.63, 3.8) is 0 Å². The summed E-state index contributed by atoms with van der Waals surface area (Å²) in [6, 6.07) is 0.271. The van der Waals surface area contributed by atoms with E-state index >= 15 is 0 Å². The van der Waals surface area contributed by atoms with E-state index in [1.54, 1.807) is 7.11 Å². The summed E-state index contributed by atoms with van der Waals surface area (Å²) < 4.78 is 4.90. The molecule has 0 aromatic heterocycles. The van der Waals surface area contributed by atoms with Gasteiger partial charge in [-0.1, -0.05) is 12.8 Å². The highest BCUT2D eigenvalue weighted by atomic mass is 16.5. The standard InChI is InChI=1S/C12H24N2O2/c1-16-8-4-7-12(15)14-9-10-5-2-3-6-11(10)13/h10-11H,2-9,13H2,1H3,(H,14,15). The van der Waals surface area contributed by atoms with Crippen LogP contribution in [0.3, 0.4) is 0 Å². The third kappa shape index (κ3) is 4.94. The molecule has 0 spiro atoms. The molecule has 3 N–H and O–H groups in total. The fraction of sp³-hybridized carbons (Fsp3) is 0.917. The molecule has 0 saturated heterocycles. The van der Waals surface area contributed by atoms with Gasteiger partial charge < -0.3 is 15.8 Å². The summed E-state index contributed by atoms with van der Waals surface area (Å²) in [6.45, 7) is 1.39. The van der Waals surface area contributed by atoms with Crippen molar-refractivity contribution in [1.82, 2.24) is 5.32 Å². The lowest BCUT2D eigenvalue weighted by atomic mass is 9.85. The number of ether oxygens (including phenoxy) is 1. The van der Waals surface area contributed by atoms with Gasteiger partial charge in [0.25, 0.3) is 0 Å².